The molecule has 0 amide bonds. The fourth-order valence-corrected chi connectivity index (χ4v) is 2.48. The van der Waals surface area contributed by atoms with Crippen molar-refractivity contribution in [3.8, 4) is 0 Å². The lowest BCUT2D eigenvalue weighted by molar-refractivity contribution is 0.614. The van der Waals surface area contributed by atoms with Crippen LogP contribution in [0.15, 0.2) is 71.4 Å². The summed E-state index contributed by atoms with van der Waals surface area (Å²) in [6.45, 7) is 1.39. The Balaban J connectivity index is 1.41. The van der Waals surface area contributed by atoms with Crippen LogP contribution in [0.2, 0.25) is 0 Å². The number of hydrogen-bond donors (Lipinski definition) is 1. The summed E-state index contributed by atoms with van der Waals surface area (Å²) in [5.74, 6) is 0. The molecule has 0 saturated carbocycles. The first-order chi connectivity index (χ1) is 11.4. The number of nitrogens with one attached hydrogen (secondary N) is 1. The summed E-state index contributed by atoms with van der Waals surface area (Å²) in [5, 5.41) is 7.59. The molecular weight excluding hydrogens is 288 g/mol. The Labute approximate surface area is 133 Å². The van der Waals surface area contributed by atoms with Gasteiger partial charge in [0.25, 0.3) is 6.01 Å². The third kappa shape index (κ3) is 3.08. The van der Waals surface area contributed by atoms with Crippen molar-refractivity contribution in [2.75, 3.05) is 5.32 Å². The molecule has 0 saturated heterocycles. The Hall–Kier alpha value is -3.08. The number of oxazole rings is 1. The largest absolute Gasteiger partial charge is 0.424 e. The molecule has 5 heteroatoms. The number of anilines is 1. The van der Waals surface area contributed by atoms with Gasteiger partial charge in [-0.05, 0) is 17.7 Å². The number of hydrogen-bond acceptors (Lipinski definition) is 4. The maximum absolute atomic E-state index is 5.64. The van der Waals surface area contributed by atoms with Crippen LogP contribution in [0.4, 0.5) is 6.01 Å². The zero-order valence-electron chi connectivity index (χ0n) is 12.5. The van der Waals surface area contributed by atoms with E-state index in [1.54, 1.807) is 0 Å². The molecule has 2 aromatic carbocycles. The average molecular weight is 304 g/mol. The van der Waals surface area contributed by atoms with E-state index in [4.69, 9.17) is 4.42 Å². The van der Waals surface area contributed by atoms with Gasteiger partial charge in [-0.3, -0.25) is 4.68 Å². The predicted octanol–water partition coefficient (Wildman–Crippen LogP) is 3.68. The van der Waals surface area contributed by atoms with Gasteiger partial charge in [-0.1, -0.05) is 42.5 Å². The first-order valence-corrected chi connectivity index (χ1v) is 7.51. The quantitative estimate of drug-likeness (QED) is 0.611. The molecule has 23 heavy (non-hydrogen) atoms. The van der Waals surface area contributed by atoms with Crippen molar-refractivity contribution in [3.05, 3.63) is 78.1 Å². The second-order valence-corrected chi connectivity index (χ2v) is 5.37. The van der Waals surface area contributed by atoms with E-state index < -0.39 is 0 Å². The van der Waals surface area contributed by atoms with Gasteiger partial charge >= 0.3 is 0 Å². The molecule has 1 N–H and O–H groups in total. The molecule has 0 spiro atoms. The van der Waals surface area contributed by atoms with Crippen LogP contribution in [0.5, 0.6) is 0 Å². The van der Waals surface area contributed by atoms with Crippen LogP contribution in [0.25, 0.3) is 11.1 Å². The maximum atomic E-state index is 5.64. The topological polar surface area (TPSA) is 55.9 Å². The smallest absolute Gasteiger partial charge is 0.295 e. The minimum absolute atomic E-state index is 0.530. The molecule has 114 valence electrons. The number of rotatable bonds is 5. The van der Waals surface area contributed by atoms with Gasteiger partial charge in [0.15, 0.2) is 5.58 Å². The monoisotopic (exact) mass is 304 g/mol. The highest BCUT2D eigenvalue weighted by Gasteiger charge is 2.05. The highest BCUT2D eigenvalue weighted by molar-refractivity contribution is 5.74. The summed E-state index contributed by atoms with van der Waals surface area (Å²) in [6.07, 6.45) is 3.89. The summed E-state index contributed by atoms with van der Waals surface area (Å²) < 4.78 is 7.57. The molecule has 4 aromatic rings. The minimum Gasteiger partial charge on any atom is -0.424 e. The van der Waals surface area contributed by atoms with Crippen LogP contribution in [0, 0.1) is 0 Å². The van der Waals surface area contributed by atoms with Gasteiger partial charge in [-0.25, -0.2) is 0 Å². The van der Waals surface area contributed by atoms with E-state index >= 15 is 0 Å². The molecule has 2 aromatic heterocycles. The van der Waals surface area contributed by atoms with E-state index in [0.717, 1.165) is 23.2 Å². The fraction of sp³-hybridized carbons (Fsp3) is 0.111. The molecule has 0 aliphatic rings. The number of para-hydroxylation sites is 2. The summed E-state index contributed by atoms with van der Waals surface area (Å²) in [5.41, 5.74) is 3.96. The normalized spacial score (nSPS) is 11.0. The third-order valence-electron chi connectivity index (χ3n) is 3.61. The van der Waals surface area contributed by atoms with Crippen molar-refractivity contribution in [2.24, 2.45) is 0 Å². The standard InChI is InChI=1S/C18H16N4O/c1-2-6-14(7-3-1)12-22-13-15(11-20-22)10-19-18-21-16-8-4-5-9-17(16)23-18/h1-9,11,13H,10,12H2,(H,19,21). The van der Waals surface area contributed by atoms with Gasteiger partial charge in [0.2, 0.25) is 0 Å². The minimum atomic E-state index is 0.530. The lowest BCUT2D eigenvalue weighted by Gasteiger charge is -2.01. The lowest BCUT2D eigenvalue weighted by atomic mass is 10.2. The van der Waals surface area contributed by atoms with Crippen LogP contribution in [-0.4, -0.2) is 14.8 Å². The number of fused-ring (bicyclic) bond motifs is 1. The van der Waals surface area contributed by atoms with Gasteiger partial charge in [-0.2, -0.15) is 10.1 Å². The summed E-state index contributed by atoms with van der Waals surface area (Å²) in [4.78, 5) is 4.40. The van der Waals surface area contributed by atoms with E-state index in [2.05, 4.69) is 27.5 Å². The molecule has 4 rings (SSSR count). The molecule has 0 radical (unpaired) electrons. The van der Waals surface area contributed by atoms with E-state index in [1.807, 2.05) is 59.5 Å². The Morgan fingerprint density at radius 1 is 0.957 bits per heavy atom. The Kier molecular flexibility index (Phi) is 3.52. The van der Waals surface area contributed by atoms with E-state index in [9.17, 15) is 0 Å². The Morgan fingerprint density at radius 2 is 1.78 bits per heavy atom. The highest BCUT2D eigenvalue weighted by Crippen LogP contribution is 2.18. The summed E-state index contributed by atoms with van der Waals surface area (Å²) in [7, 11) is 0. The van der Waals surface area contributed by atoms with Crippen LogP contribution < -0.4 is 5.32 Å². The van der Waals surface area contributed by atoms with Crippen LogP contribution >= 0.6 is 0 Å². The molecule has 0 aliphatic heterocycles. The summed E-state index contributed by atoms with van der Waals surface area (Å²) in [6, 6.07) is 18.5. The van der Waals surface area contributed by atoms with Gasteiger partial charge in [0.05, 0.1) is 12.7 Å². The average Bonchev–Trinajstić information content (AvgIpc) is 3.20. The fourth-order valence-electron chi connectivity index (χ4n) is 2.48. The first-order valence-electron chi connectivity index (χ1n) is 7.51. The van der Waals surface area contributed by atoms with Crippen molar-refractivity contribution >= 4 is 17.1 Å². The van der Waals surface area contributed by atoms with Crippen molar-refractivity contribution in [3.63, 3.8) is 0 Å². The molecule has 0 fully saturated rings. The second kappa shape index (κ2) is 5.96. The molecule has 0 bridgehead atoms. The van der Waals surface area contributed by atoms with Crippen molar-refractivity contribution in [1.82, 2.24) is 14.8 Å². The molecular formula is C18H16N4O. The Morgan fingerprint density at radius 3 is 2.65 bits per heavy atom. The summed E-state index contributed by atoms with van der Waals surface area (Å²) >= 11 is 0. The van der Waals surface area contributed by atoms with Crippen LogP contribution in [0.1, 0.15) is 11.1 Å². The molecule has 0 aliphatic carbocycles. The first kappa shape index (κ1) is 13.6. The van der Waals surface area contributed by atoms with Gasteiger partial charge in [0, 0.05) is 18.3 Å². The van der Waals surface area contributed by atoms with Crippen molar-refractivity contribution in [2.45, 2.75) is 13.1 Å². The predicted molar refractivity (Wildman–Crippen MR) is 89.1 cm³/mol. The molecule has 5 nitrogen and oxygen atoms in total. The lowest BCUT2D eigenvalue weighted by Crippen LogP contribution is -2.00. The van der Waals surface area contributed by atoms with Gasteiger partial charge in [0.1, 0.15) is 5.52 Å². The van der Waals surface area contributed by atoms with Crippen molar-refractivity contribution < 1.29 is 4.42 Å². The van der Waals surface area contributed by atoms with Crippen LogP contribution in [0.3, 0.4) is 0 Å². The zero-order chi connectivity index (χ0) is 15.5. The zero-order valence-corrected chi connectivity index (χ0v) is 12.5. The Bertz CT molecular complexity index is 878. The molecule has 0 atom stereocenters. The molecule has 0 unspecified atom stereocenters. The van der Waals surface area contributed by atoms with E-state index in [1.165, 1.54) is 5.56 Å². The van der Waals surface area contributed by atoms with Crippen molar-refractivity contribution in [1.29, 1.82) is 0 Å². The number of nitrogens with zero attached hydrogens (tertiary/aromatic N) is 3. The number of aromatic nitrogens is 3. The number of benzene rings is 2. The highest BCUT2D eigenvalue weighted by atomic mass is 16.4. The van der Waals surface area contributed by atoms with Crippen LogP contribution in [-0.2, 0) is 13.1 Å². The van der Waals surface area contributed by atoms with Gasteiger partial charge in [-0.15, -0.1) is 0 Å². The SMILES string of the molecule is c1ccc(Cn2cc(CNc3nc4ccccc4o3)cn2)cc1. The van der Waals surface area contributed by atoms with E-state index in [0.29, 0.717) is 12.6 Å². The third-order valence-corrected chi connectivity index (χ3v) is 3.61. The van der Waals surface area contributed by atoms with Gasteiger partial charge < -0.3 is 9.73 Å². The molecule has 2 heterocycles. The maximum Gasteiger partial charge on any atom is 0.295 e. The second-order valence-electron chi connectivity index (χ2n) is 5.37. The van der Waals surface area contributed by atoms with E-state index in [-0.39, 0.29) is 0 Å².